The third kappa shape index (κ3) is 4.48. The van der Waals surface area contributed by atoms with Gasteiger partial charge in [0.25, 0.3) is 5.91 Å². The molecule has 0 aliphatic carbocycles. The maximum absolute atomic E-state index is 12.0. The maximum atomic E-state index is 12.0. The second-order valence-corrected chi connectivity index (χ2v) is 5.91. The van der Waals surface area contributed by atoms with E-state index in [2.05, 4.69) is 10.6 Å². The van der Waals surface area contributed by atoms with E-state index < -0.39 is 12.2 Å². The Hall–Kier alpha value is -1.01. The van der Waals surface area contributed by atoms with E-state index in [4.69, 9.17) is 27.9 Å². The summed E-state index contributed by atoms with van der Waals surface area (Å²) in [5.41, 5.74) is 0. The van der Waals surface area contributed by atoms with Crippen LogP contribution in [0.3, 0.4) is 0 Å². The number of nitrogens with one attached hydrogen (secondary N) is 2. The maximum Gasteiger partial charge on any atom is 0.260 e. The van der Waals surface area contributed by atoms with Crippen molar-refractivity contribution in [3.8, 4) is 5.75 Å². The van der Waals surface area contributed by atoms with E-state index in [0.29, 0.717) is 35.4 Å². The molecule has 1 heterocycles. The molecule has 0 radical (unpaired) electrons. The van der Waals surface area contributed by atoms with Gasteiger partial charge in [0.05, 0.1) is 11.1 Å². The minimum atomic E-state index is -0.685. The van der Waals surface area contributed by atoms with Gasteiger partial charge in [0.2, 0.25) is 0 Å². The second kappa shape index (κ2) is 7.31. The predicted octanol–water partition coefficient (Wildman–Crippen LogP) is 1.46. The second-order valence-electron chi connectivity index (χ2n) is 5.07. The Morgan fingerprint density at radius 1 is 1.52 bits per heavy atom. The van der Waals surface area contributed by atoms with Crippen molar-refractivity contribution in [2.24, 2.45) is 5.92 Å². The van der Waals surface area contributed by atoms with Crippen LogP contribution in [0, 0.1) is 5.92 Å². The normalized spacial score (nSPS) is 22.9. The molecule has 0 bridgehead atoms. The lowest BCUT2D eigenvalue weighted by molar-refractivity contribution is -0.127. The monoisotopic (exact) mass is 332 g/mol. The number of ether oxygens (including phenoxy) is 1. The molecule has 3 N–H and O–H groups in total. The number of aliphatic hydroxyl groups excluding tert-OH is 1. The lowest BCUT2D eigenvalue weighted by atomic mass is 10.1. The van der Waals surface area contributed by atoms with Gasteiger partial charge >= 0.3 is 0 Å². The number of halogens is 2. The van der Waals surface area contributed by atoms with E-state index in [1.165, 1.54) is 0 Å². The summed E-state index contributed by atoms with van der Waals surface area (Å²) < 4.78 is 5.52. The first-order valence-electron chi connectivity index (χ1n) is 6.75. The average molecular weight is 333 g/mol. The number of benzene rings is 1. The largest absolute Gasteiger partial charge is 0.479 e. The molecular weight excluding hydrogens is 315 g/mol. The van der Waals surface area contributed by atoms with E-state index in [0.717, 1.165) is 0 Å². The molecule has 0 saturated carbocycles. The van der Waals surface area contributed by atoms with Gasteiger partial charge in [-0.1, -0.05) is 23.2 Å². The Kier molecular flexibility index (Phi) is 5.70. The summed E-state index contributed by atoms with van der Waals surface area (Å²) in [6.45, 7) is 3.31. The molecule has 1 aromatic rings. The Bertz CT molecular complexity index is 513. The van der Waals surface area contributed by atoms with Crippen LogP contribution < -0.4 is 15.4 Å². The van der Waals surface area contributed by atoms with Crippen LogP contribution in [0.25, 0.3) is 0 Å². The zero-order valence-electron chi connectivity index (χ0n) is 11.6. The first-order valence-corrected chi connectivity index (χ1v) is 7.51. The van der Waals surface area contributed by atoms with Crippen LogP contribution in [0.5, 0.6) is 5.75 Å². The van der Waals surface area contributed by atoms with Crippen LogP contribution in [0.15, 0.2) is 18.2 Å². The van der Waals surface area contributed by atoms with Gasteiger partial charge in [0.1, 0.15) is 5.75 Å². The highest BCUT2D eigenvalue weighted by Gasteiger charge is 2.26. The molecule has 1 aliphatic heterocycles. The van der Waals surface area contributed by atoms with E-state index in [1.807, 2.05) is 0 Å². The number of carbonyl (C=O) groups is 1. The number of hydrogen-bond acceptors (Lipinski definition) is 4. The fourth-order valence-corrected chi connectivity index (χ4v) is 2.57. The van der Waals surface area contributed by atoms with E-state index in [9.17, 15) is 9.90 Å². The molecule has 3 atom stereocenters. The van der Waals surface area contributed by atoms with Crippen LogP contribution in [0.1, 0.15) is 6.92 Å². The van der Waals surface area contributed by atoms with Gasteiger partial charge in [-0.2, -0.15) is 0 Å². The summed E-state index contributed by atoms with van der Waals surface area (Å²) in [5.74, 6) is 0.187. The lowest BCUT2D eigenvalue weighted by Gasteiger charge is -2.18. The number of carbonyl (C=O) groups excluding carboxylic acids is 1. The fraction of sp³-hybridized carbons (Fsp3) is 0.500. The van der Waals surface area contributed by atoms with Crippen molar-refractivity contribution in [3.63, 3.8) is 0 Å². The molecule has 1 aliphatic rings. The number of aliphatic hydroxyl groups is 1. The highest BCUT2D eigenvalue weighted by Crippen LogP contribution is 2.28. The summed E-state index contributed by atoms with van der Waals surface area (Å²) in [6.07, 6.45) is -1.11. The predicted molar refractivity (Wildman–Crippen MR) is 81.9 cm³/mol. The lowest BCUT2D eigenvalue weighted by Crippen LogP contribution is -2.41. The summed E-state index contributed by atoms with van der Waals surface area (Å²) in [6, 6.07) is 4.83. The smallest absolute Gasteiger partial charge is 0.260 e. The van der Waals surface area contributed by atoms with Crippen LogP contribution in [-0.2, 0) is 4.79 Å². The van der Waals surface area contributed by atoms with Crippen LogP contribution in [0.4, 0.5) is 0 Å². The molecule has 1 amide bonds. The van der Waals surface area contributed by atoms with Crippen molar-refractivity contribution in [1.82, 2.24) is 10.6 Å². The SMILES string of the molecule is CC(Oc1ccc(Cl)cc1Cl)C(=O)NCC1CNCC1O. The zero-order chi connectivity index (χ0) is 15.4. The quantitative estimate of drug-likeness (QED) is 0.763. The van der Waals surface area contributed by atoms with Crippen molar-refractivity contribution in [2.75, 3.05) is 19.6 Å². The van der Waals surface area contributed by atoms with E-state index in [1.54, 1.807) is 25.1 Å². The van der Waals surface area contributed by atoms with Crippen molar-refractivity contribution >= 4 is 29.1 Å². The van der Waals surface area contributed by atoms with Crippen molar-refractivity contribution < 1.29 is 14.6 Å². The van der Waals surface area contributed by atoms with Crippen LogP contribution in [0.2, 0.25) is 10.0 Å². The van der Waals surface area contributed by atoms with E-state index >= 15 is 0 Å². The van der Waals surface area contributed by atoms with Crippen LogP contribution in [-0.4, -0.2) is 42.9 Å². The average Bonchev–Trinajstić information content (AvgIpc) is 2.84. The van der Waals surface area contributed by atoms with Gasteiger partial charge < -0.3 is 20.5 Å². The van der Waals surface area contributed by atoms with Crippen molar-refractivity contribution in [3.05, 3.63) is 28.2 Å². The van der Waals surface area contributed by atoms with Gasteiger partial charge in [-0.05, 0) is 25.1 Å². The van der Waals surface area contributed by atoms with Crippen molar-refractivity contribution in [1.29, 1.82) is 0 Å². The molecule has 5 nitrogen and oxygen atoms in total. The van der Waals surface area contributed by atoms with Crippen molar-refractivity contribution in [2.45, 2.75) is 19.1 Å². The third-order valence-corrected chi connectivity index (χ3v) is 3.94. The summed E-state index contributed by atoms with van der Waals surface area (Å²) in [5, 5.41) is 16.4. The minimum absolute atomic E-state index is 0.0280. The molecular formula is C14H18Cl2N2O3. The summed E-state index contributed by atoms with van der Waals surface area (Å²) in [4.78, 5) is 12.0. The third-order valence-electron chi connectivity index (χ3n) is 3.41. The topological polar surface area (TPSA) is 70.6 Å². The van der Waals surface area contributed by atoms with Gasteiger partial charge in [-0.15, -0.1) is 0 Å². The van der Waals surface area contributed by atoms with Gasteiger partial charge in [0.15, 0.2) is 6.10 Å². The molecule has 0 aromatic heterocycles. The molecule has 1 aromatic carbocycles. The summed E-state index contributed by atoms with van der Waals surface area (Å²) in [7, 11) is 0. The van der Waals surface area contributed by atoms with Gasteiger partial charge in [0, 0.05) is 30.6 Å². The molecule has 0 spiro atoms. The van der Waals surface area contributed by atoms with Gasteiger partial charge in [-0.25, -0.2) is 0 Å². The zero-order valence-corrected chi connectivity index (χ0v) is 13.1. The molecule has 3 unspecified atom stereocenters. The number of amides is 1. The number of hydrogen-bond donors (Lipinski definition) is 3. The Labute approximate surface area is 133 Å². The molecule has 2 rings (SSSR count). The molecule has 116 valence electrons. The highest BCUT2D eigenvalue weighted by atomic mass is 35.5. The van der Waals surface area contributed by atoms with Gasteiger partial charge in [-0.3, -0.25) is 4.79 Å². The van der Waals surface area contributed by atoms with E-state index in [-0.39, 0.29) is 11.8 Å². The minimum Gasteiger partial charge on any atom is -0.479 e. The van der Waals surface area contributed by atoms with Crippen LogP contribution >= 0.6 is 23.2 Å². The highest BCUT2D eigenvalue weighted by molar-refractivity contribution is 6.35. The first-order chi connectivity index (χ1) is 9.97. The number of β-amino-alcohol motifs (C(OH)–C–C–N with tert-alkyl or cyclic N) is 1. The summed E-state index contributed by atoms with van der Waals surface area (Å²) >= 11 is 11.8. The molecule has 1 saturated heterocycles. The Morgan fingerprint density at radius 2 is 2.29 bits per heavy atom. The molecule has 7 heteroatoms. The molecule has 1 fully saturated rings. The standard InChI is InChI=1S/C14H18Cl2N2O3/c1-8(21-13-3-2-10(15)4-11(13)16)14(20)18-6-9-5-17-7-12(9)19/h2-4,8-9,12,17,19H,5-7H2,1H3,(H,18,20). The Balaban J connectivity index is 1.84. The first kappa shape index (κ1) is 16.4. The fourth-order valence-electron chi connectivity index (χ4n) is 2.12. The molecule has 21 heavy (non-hydrogen) atoms. The Morgan fingerprint density at radius 3 is 2.90 bits per heavy atom. The number of rotatable bonds is 5.